The first-order chi connectivity index (χ1) is 4.71. The molecule has 0 spiro atoms. The second kappa shape index (κ2) is 3.40. The van der Waals surface area contributed by atoms with Crippen LogP contribution in [-0.4, -0.2) is 30.1 Å². The highest BCUT2D eigenvalue weighted by molar-refractivity contribution is 4.63. The summed E-state index contributed by atoms with van der Waals surface area (Å²) in [7, 11) is 0. The molecule has 0 aromatic carbocycles. The molecule has 0 saturated carbocycles. The summed E-state index contributed by atoms with van der Waals surface area (Å²) in [6, 6.07) is 0. The summed E-state index contributed by atoms with van der Waals surface area (Å²) in [6.45, 7) is 1.14. The molecule has 2 nitrogen and oxygen atoms in total. The van der Waals surface area contributed by atoms with Crippen LogP contribution < -0.4 is 0 Å². The van der Waals surface area contributed by atoms with Crippen LogP contribution in [0, 0.1) is 0 Å². The van der Waals surface area contributed by atoms with Crippen LogP contribution in [0.15, 0.2) is 0 Å². The van der Waals surface area contributed by atoms with Crippen molar-refractivity contribution in [3.8, 4) is 0 Å². The Labute approximate surface area is 63.0 Å². The summed E-state index contributed by atoms with van der Waals surface area (Å²) in [5.74, 6) is 0. The highest BCUT2D eigenvalue weighted by Gasteiger charge is 2.28. The molecule has 0 aliphatic heterocycles. The largest absolute Gasteiger partial charge is 0.411 e. The van der Waals surface area contributed by atoms with Crippen molar-refractivity contribution in [3.63, 3.8) is 0 Å². The third-order valence-corrected chi connectivity index (χ3v) is 0.721. The van der Waals surface area contributed by atoms with Gasteiger partial charge in [-0.15, -0.1) is 0 Å². The Bertz CT molecular complexity index is 100.0. The van der Waals surface area contributed by atoms with E-state index in [1.165, 1.54) is 13.8 Å². The maximum atomic E-state index is 11.4. The number of halogens is 3. The van der Waals surface area contributed by atoms with Crippen molar-refractivity contribution in [2.45, 2.75) is 25.6 Å². The van der Waals surface area contributed by atoms with Gasteiger partial charge >= 0.3 is 6.18 Å². The lowest BCUT2D eigenvalue weighted by Crippen LogP contribution is -2.29. The van der Waals surface area contributed by atoms with Crippen molar-refractivity contribution in [3.05, 3.63) is 0 Å². The topological polar surface area (TPSA) is 29.5 Å². The second-order valence-electron chi connectivity index (χ2n) is 2.92. The summed E-state index contributed by atoms with van der Waals surface area (Å²) in [5.41, 5.74) is -1.20. The van der Waals surface area contributed by atoms with Crippen LogP contribution in [0.5, 0.6) is 0 Å². The van der Waals surface area contributed by atoms with Crippen molar-refractivity contribution >= 4 is 0 Å². The minimum Gasteiger partial charge on any atom is -0.388 e. The van der Waals surface area contributed by atoms with Gasteiger partial charge in [-0.2, -0.15) is 13.2 Å². The fourth-order valence-corrected chi connectivity index (χ4v) is 0.417. The average Bonchev–Trinajstić information content (AvgIpc) is 1.55. The fourth-order valence-electron chi connectivity index (χ4n) is 0.417. The van der Waals surface area contributed by atoms with E-state index in [4.69, 9.17) is 5.11 Å². The molecule has 0 aliphatic carbocycles. The molecule has 0 bridgehead atoms. The molecule has 0 heterocycles. The number of hydrogen-bond donors (Lipinski definition) is 1. The Hall–Kier alpha value is -0.290. The number of alkyl halides is 3. The molecule has 0 rings (SSSR count). The lowest BCUT2D eigenvalue weighted by Gasteiger charge is -2.17. The summed E-state index contributed by atoms with van der Waals surface area (Å²) < 4.78 is 38.5. The molecule has 0 atom stereocenters. The first-order valence-corrected chi connectivity index (χ1v) is 3.08. The molecule has 0 fully saturated rings. The zero-order valence-electron chi connectivity index (χ0n) is 6.40. The highest BCUT2D eigenvalue weighted by atomic mass is 19.4. The van der Waals surface area contributed by atoms with Crippen LogP contribution in [0.25, 0.3) is 0 Å². The van der Waals surface area contributed by atoms with Crippen LogP contribution in [0.3, 0.4) is 0 Å². The molecular formula is C6H11F3O2. The van der Waals surface area contributed by atoms with Gasteiger partial charge in [0.1, 0.15) is 6.61 Å². The maximum absolute atomic E-state index is 11.4. The van der Waals surface area contributed by atoms with Crippen molar-refractivity contribution in [1.82, 2.24) is 0 Å². The molecule has 0 aliphatic rings. The third kappa shape index (κ3) is 9.71. The molecule has 0 aromatic heterocycles. The van der Waals surface area contributed by atoms with E-state index in [0.29, 0.717) is 0 Å². The SMILES string of the molecule is CC(C)(O)COCC(F)(F)F. The van der Waals surface area contributed by atoms with E-state index in [-0.39, 0.29) is 6.61 Å². The molecule has 0 aromatic rings. The van der Waals surface area contributed by atoms with E-state index in [0.717, 1.165) is 0 Å². The summed E-state index contributed by atoms with van der Waals surface area (Å²) >= 11 is 0. The molecule has 0 radical (unpaired) electrons. The van der Waals surface area contributed by atoms with Gasteiger partial charge in [-0.1, -0.05) is 0 Å². The second-order valence-corrected chi connectivity index (χ2v) is 2.92. The third-order valence-electron chi connectivity index (χ3n) is 0.721. The Morgan fingerprint density at radius 2 is 1.64 bits per heavy atom. The predicted molar refractivity (Wildman–Crippen MR) is 33.2 cm³/mol. The molecule has 0 unspecified atom stereocenters. The van der Waals surface area contributed by atoms with Crippen LogP contribution in [-0.2, 0) is 4.74 Å². The zero-order chi connectivity index (χ0) is 9.12. The zero-order valence-corrected chi connectivity index (χ0v) is 6.40. The Kier molecular flexibility index (Phi) is 3.31. The standard InChI is InChI=1S/C6H11F3O2/c1-5(2,10)3-11-4-6(7,8)9/h10H,3-4H2,1-2H3. The first-order valence-electron chi connectivity index (χ1n) is 3.08. The number of hydrogen-bond acceptors (Lipinski definition) is 2. The summed E-state index contributed by atoms with van der Waals surface area (Å²) in [4.78, 5) is 0. The number of rotatable bonds is 3. The van der Waals surface area contributed by atoms with Gasteiger partial charge in [0.15, 0.2) is 0 Å². The van der Waals surface area contributed by atoms with Gasteiger partial charge in [0.05, 0.1) is 12.2 Å². The van der Waals surface area contributed by atoms with E-state index in [9.17, 15) is 13.2 Å². The van der Waals surface area contributed by atoms with Gasteiger partial charge in [0.25, 0.3) is 0 Å². The molecule has 5 heteroatoms. The Morgan fingerprint density at radius 1 is 1.18 bits per heavy atom. The predicted octanol–water partition coefficient (Wildman–Crippen LogP) is 1.34. The van der Waals surface area contributed by atoms with Crippen LogP contribution in [0.4, 0.5) is 13.2 Å². The van der Waals surface area contributed by atoms with Crippen molar-refractivity contribution in [1.29, 1.82) is 0 Å². The van der Waals surface area contributed by atoms with Gasteiger partial charge in [0.2, 0.25) is 0 Å². The van der Waals surface area contributed by atoms with Gasteiger partial charge in [-0.05, 0) is 13.8 Å². The number of aliphatic hydroxyl groups is 1. The fraction of sp³-hybridized carbons (Fsp3) is 1.00. The lowest BCUT2D eigenvalue weighted by molar-refractivity contribution is -0.184. The van der Waals surface area contributed by atoms with Crippen LogP contribution in [0.1, 0.15) is 13.8 Å². The molecule has 1 N–H and O–H groups in total. The van der Waals surface area contributed by atoms with Gasteiger partial charge in [0, 0.05) is 0 Å². The van der Waals surface area contributed by atoms with E-state index in [1.807, 2.05) is 0 Å². The van der Waals surface area contributed by atoms with Crippen LogP contribution >= 0.6 is 0 Å². The summed E-state index contributed by atoms with van der Waals surface area (Å²) in [6.07, 6.45) is -4.31. The lowest BCUT2D eigenvalue weighted by atomic mass is 10.2. The first kappa shape index (κ1) is 10.7. The molecule has 0 amide bonds. The molecular weight excluding hydrogens is 161 g/mol. The number of ether oxygens (including phenoxy) is 1. The van der Waals surface area contributed by atoms with Crippen molar-refractivity contribution < 1.29 is 23.0 Å². The molecule has 0 saturated heterocycles. The van der Waals surface area contributed by atoms with Gasteiger partial charge < -0.3 is 9.84 Å². The summed E-state index contributed by atoms with van der Waals surface area (Å²) in [5, 5.41) is 8.92. The monoisotopic (exact) mass is 172 g/mol. The van der Waals surface area contributed by atoms with E-state index in [1.54, 1.807) is 0 Å². The van der Waals surface area contributed by atoms with Gasteiger partial charge in [-0.3, -0.25) is 0 Å². The minimum atomic E-state index is -4.31. The maximum Gasteiger partial charge on any atom is 0.411 e. The molecule has 11 heavy (non-hydrogen) atoms. The van der Waals surface area contributed by atoms with Crippen molar-refractivity contribution in [2.24, 2.45) is 0 Å². The Balaban J connectivity index is 3.44. The van der Waals surface area contributed by atoms with Gasteiger partial charge in [-0.25, -0.2) is 0 Å². The smallest absolute Gasteiger partial charge is 0.388 e. The Morgan fingerprint density at radius 3 is 1.91 bits per heavy atom. The minimum absolute atomic E-state index is 0.313. The van der Waals surface area contributed by atoms with Crippen molar-refractivity contribution in [2.75, 3.05) is 13.2 Å². The van der Waals surface area contributed by atoms with E-state index in [2.05, 4.69) is 4.74 Å². The van der Waals surface area contributed by atoms with E-state index < -0.39 is 18.4 Å². The van der Waals surface area contributed by atoms with Crippen LogP contribution in [0.2, 0.25) is 0 Å². The quantitative estimate of drug-likeness (QED) is 0.696. The highest BCUT2D eigenvalue weighted by Crippen LogP contribution is 2.15. The molecule has 68 valence electrons. The normalized spacial score (nSPS) is 13.6. The average molecular weight is 172 g/mol. The van der Waals surface area contributed by atoms with E-state index >= 15 is 0 Å².